The first-order valence-corrected chi connectivity index (χ1v) is 8.96. The van der Waals surface area contributed by atoms with Crippen molar-refractivity contribution < 1.29 is 18.0 Å². The number of halogens is 1. The summed E-state index contributed by atoms with van der Waals surface area (Å²) in [5, 5.41) is 0. The molecule has 0 spiro atoms. The maximum atomic E-state index is 12.5. The number of amides is 2. The molecule has 3 rings (SSSR count). The van der Waals surface area contributed by atoms with Gasteiger partial charge in [-0.3, -0.25) is 9.59 Å². The van der Waals surface area contributed by atoms with Crippen LogP contribution in [0.4, 0.5) is 5.69 Å². The van der Waals surface area contributed by atoms with Gasteiger partial charge >= 0.3 is 0 Å². The smallest absolute Gasteiger partial charge is 0.266 e. The molecular formula is C15H10BrNO4S. The number of benzene rings is 2. The Morgan fingerprint density at radius 2 is 1.50 bits per heavy atom. The standard InChI is InChI=1S/C15H10BrNO4S/c1-22(20,21)13-8-9(16)6-7-12(13)17-14(18)10-4-2-3-5-11(10)15(17)19/h2-8H,1H3. The highest BCUT2D eigenvalue weighted by Gasteiger charge is 2.38. The average Bonchev–Trinajstić information content (AvgIpc) is 2.71. The summed E-state index contributed by atoms with van der Waals surface area (Å²) in [5.41, 5.74) is 0.613. The third kappa shape index (κ3) is 2.26. The second-order valence-corrected chi connectivity index (χ2v) is 7.78. The molecule has 2 amide bonds. The van der Waals surface area contributed by atoms with Crippen LogP contribution >= 0.6 is 15.9 Å². The number of imide groups is 1. The van der Waals surface area contributed by atoms with E-state index in [-0.39, 0.29) is 21.7 Å². The van der Waals surface area contributed by atoms with Gasteiger partial charge in [-0.1, -0.05) is 28.1 Å². The predicted molar refractivity (Wildman–Crippen MR) is 84.8 cm³/mol. The highest BCUT2D eigenvalue weighted by Crippen LogP contribution is 2.34. The van der Waals surface area contributed by atoms with Gasteiger partial charge in [-0.25, -0.2) is 13.3 Å². The average molecular weight is 380 g/mol. The summed E-state index contributed by atoms with van der Waals surface area (Å²) < 4.78 is 24.5. The monoisotopic (exact) mass is 379 g/mol. The molecule has 0 bridgehead atoms. The molecule has 112 valence electrons. The van der Waals surface area contributed by atoms with E-state index in [0.29, 0.717) is 4.47 Å². The number of anilines is 1. The maximum Gasteiger partial charge on any atom is 0.266 e. The first-order chi connectivity index (χ1) is 10.3. The third-order valence-electron chi connectivity index (χ3n) is 3.36. The minimum atomic E-state index is -3.60. The van der Waals surface area contributed by atoms with Crippen molar-refractivity contribution >= 4 is 43.3 Å². The molecule has 0 unspecified atom stereocenters. The Morgan fingerprint density at radius 1 is 0.955 bits per heavy atom. The van der Waals surface area contributed by atoms with Crippen LogP contribution in [0.25, 0.3) is 0 Å². The molecule has 0 atom stereocenters. The fourth-order valence-electron chi connectivity index (χ4n) is 2.38. The zero-order valence-electron chi connectivity index (χ0n) is 11.4. The molecule has 0 saturated heterocycles. The summed E-state index contributed by atoms with van der Waals surface area (Å²) in [6, 6.07) is 10.8. The Kier molecular flexibility index (Phi) is 3.41. The molecule has 0 N–H and O–H groups in total. The van der Waals surface area contributed by atoms with Gasteiger partial charge < -0.3 is 0 Å². The number of hydrogen-bond acceptors (Lipinski definition) is 4. The lowest BCUT2D eigenvalue weighted by atomic mass is 10.1. The van der Waals surface area contributed by atoms with Gasteiger partial charge in [-0.05, 0) is 30.3 Å². The predicted octanol–water partition coefficient (Wildman–Crippen LogP) is 2.65. The van der Waals surface area contributed by atoms with E-state index in [1.807, 2.05) is 0 Å². The molecule has 2 aromatic rings. The number of sulfone groups is 1. The van der Waals surface area contributed by atoms with E-state index in [1.54, 1.807) is 30.3 Å². The van der Waals surface area contributed by atoms with E-state index in [0.717, 1.165) is 11.2 Å². The van der Waals surface area contributed by atoms with E-state index in [2.05, 4.69) is 15.9 Å². The van der Waals surface area contributed by atoms with Crippen LogP contribution in [0.1, 0.15) is 20.7 Å². The van der Waals surface area contributed by atoms with Crippen molar-refractivity contribution in [3.05, 3.63) is 58.1 Å². The zero-order valence-corrected chi connectivity index (χ0v) is 13.8. The van der Waals surface area contributed by atoms with E-state index >= 15 is 0 Å². The fraction of sp³-hybridized carbons (Fsp3) is 0.0667. The van der Waals surface area contributed by atoms with Crippen LogP contribution in [0.3, 0.4) is 0 Å². The molecule has 22 heavy (non-hydrogen) atoms. The molecule has 0 aromatic heterocycles. The van der Waals surface area contributed by atoms with Crippen molar-refractivity contribution in [2.24, 2.45) is 0 Å². The Balaban J connectivity index is 2.23. The molecule has 2 aromatic carbocycles. The van der Waals surface area contributed by atoms with Crippen molar-refractivity contribution in [2.45, 2.75) is 4.90 Å². The maximum absolute atomic E-state index is 12.5. The van der Waals surface area contributed by atoms with Crippen LogP contribution in [0.5, 0.6) is 0 Å². The van der Waals surface area contributed by atoms with Gasteiger partial charge in [0.1, 0.15) is 0 Å². The molecule has 7 heteroatoms. The molecule has 0 radical (unpaired) electrons. The van der Waals surface area contributed by atoms with Crippen LogP contribution in [-0.2, 0) is 9.84 Å². The number of hydrogen-bond donors (Lipinski definition) is 0. The second-order valence-electron chi connectivity index (χ2n) is 4.88. The Hall–Kier alpha value is -1.99. The van der Waals surface area contributed by atoms with Gasteiger partial charge in [0.15, 0.2) is 9.84 Å². The number of carbonyl (C=O) groups is 2. The van der Waals surface area contributed by atoms with E-state index in [4.69, 9.17) is 0 Å². The number of rotatable bonds is 2. The number of carbonyl (C=O) groups excluding carboxylic acids is 2. The Bertz CT molecular complexity index is 886. The quantitative estimate of drug-likeness (QED) is 0.751. The summed E-state index contributed by atoms with van der Waals surface area (Å²) in [7, 11) is -3.60. The normalized spacial score (nSPS) is 14.4. The minimum absolute atomic E-state index is 0.0666. The van der Waals surface area contributed by atoms with Crippen molar-refractivity contribution in [1.82, 2.24) is 0 Å². The zero-order chi connectivity index (χ0) is 16.1. The van der Waals surface area contributed by atoms with Crippen molar-refractivity contribution in [2.75, 3.05) is 11.2 Å². The summed E-state index contributed by atoms with van der Waals surface area (Å²) in [5.74, 6) is -1.04. The van der Waals surface area contributed by atoms with Gasteiger partial charge in [0.25, 0.3) is 11.8 Å². The third-order valence-corrected chi connectivity index (χ3v) is 4.98. The van der Waals surface area contributed by atoms with Crippen LogP contribution in [-0.4, -0.2) is 26.5 Å². The summed E-state index contributed by atoms with van der Waals surface area (Å²) >= 11 is 3.20. The van der Waals surface area contributed by atoms with E-state index < -0.39 is 21.7 Å². The van der Waals surface area contributed by atoms with Gasteiger partial charge in [0.05, 0.1) is 21.7 Å². The lowest BCUT2D eigenvalue weighted by Gasteiger charge is -2.17. The number of nitrogens with zero attached hydrogens (tertiary/aromatic N) is 1. The van der Waals surface area contributed by atoms with Crippen LogP contribution in [0, 0.1) is 0 Å². The topological polar surface area (TPSA) is 71.5 Å². The highest BCUT2D eigenvalue weighted by molar-refractivity contribution is 9.10. The molecule has 1 heterocycles. The van der Waals surface area contributed by atoms with Gasteiger partial charge in [-0.2, -0.15) is 0 Å². The highest BCUT2D eigenvalue weighted by atomic mass is 79.9. The van der Waals surface area contributed by atoms with Crippen LogP contribution in [0.2, 0.25) is 0 Å². The largest absolute Gasteiger partial charge is 0.268 e. The lowest BCUT2D eigenvalue weighted by molar-refractivity contribution is 0.0925. The van der Waals surface area contributed by atoms with Gasteiger partial charge in [0, 0.05) is 10.7 Å². The summed E-state index contributed by atoms with van der Waals surface area (Å²) in [6.45, 7) is 0. The SMILES string of the molecule is CS(=O)(=O)c1cc(Br)ccc1N1C(=O)c2ccccc2C1=O. The molecular weight excluding hydrogens is 370 g/mol. The second kappa shape index (κ2) is 5.03. The van der Waals surface area contributed by atoms with Crippen LogP contribution in [0.15, 0.2) is 51.8 Å². The van der Waals surface area contributed by atoms with Gasteiger partial charge in [-0.15, -0.1) is 0 Å². The molecule has 1 aliphatic heterocycles. The first-order valence-electron chi connectivity index (χ1n) is 6.28. The first kappa shape index (κ1) is 14.9. The molecule has 0 aliphatic carbocycles. The van der Waals surface area contributed by atoms with E-state index in [1.165, 1.54) is 12.1 Å². The molecule has 1 aliphatic rings. The van der Waals surface area contributed by atoms with Gasteiger partial charge in [0.2, 0.25) is 0 Å². The number of fused-ring (bicyclic) bond motifs is 1. The van der Waals surface area contributed by atoms with Crippen molar-refractivity contribution in [3.8, 4) is 0 Å². The summed E-state index contributed by atoms with van der Waals surface area (Å²) in [6.07, 6.45) is 1.04. The molecule has 0 fully saturated rings. The van der Waals surface area contributed by atoms with Crippen LogP contribution < -0.4 is 4.90 Å². The lowest BCUT2D eigenvalue weighted by Crippen LogP contribution is -2.30. The van der Waals surface area contributed by atoms with Crippen molar-refractivity contribution in [1.29, 1.82) is 0 Å². The van der Waals surface area contributed by atoms with Crippen molar-refractivity contribution in [3.63, 3.8) is 0 Å². The minimum Gasteiger partial charge on any atom is -0.268 e. The Labute approximate surface area is 135 Å². The fourth-order valence-corrected chi connectivity index (χ4v) is 3.77. The van der Waals surface area contributed by atoms with E-state index in [9.17, 15) is 18.0 Å². The molecule has 5 nitrogen and oxygen atoms in total. The molecule has 0 saturated carbocycles. The Morgan fingerprint density at radius 3 is 2.00 bits per heavy atom. The summed E-state index contributed by atoms with van der Waals surface area (Å²) in [4.78, 5) is 25.8.